The number of benzene rings is 1. The molecule has 1 fully saturated rings. The maximum absolute atomic E-state index is 13.7. The summed E-state index contributed by atoms with van der Waals surface area (Å²) < 4.78 is 15.6. The first kappa shape index (κ1) is 15.0. The second-order valence-corrected chi connectivity index (χ2v) is 5.74. The number of para-hydroxylation sites is 1. The number of nitrogens with zero attached hydrogens (tertiary/aromatic N) is 2. The number of aryl methyl sites for hydroxylation is 1. The molecule has 1 aromatic carbocycles. The summed E-state index contributed by atoms with van der Waals surface area (Å²) in [5.74, 6) is 0.511. The van der Waals surface area contributed by atoms with E-state index in [0.717, 1.165) is 37.1 Å². The van der Waals surface area contributed by atoms with Gasteiger partial charge in [0.05, 0.1) is 11.6 Å². The number of aromatic nitrogens is 2. The number of carbonyl (C=O) groups is 1. The molecule has 2 aromatic rings. The molecule has 1 aromatic heterocycles. The molecular weight excluding hydrogens is 283 g/mol. The van der Waals surface area contributed by atoms with Crippen LogP contribution in [0.5, 0.6) is 0 Å². The van der Waals surface area contributed by atoms with Crippen LogP contribution < -0.4 is 10.6 Å². The quantitative estimate of drug-likeness (QED) is 0.900. The maximum atomic E-state index is 13.7. The van der Waals surface area contributed by atoms with Gasteiger partial charge in [0, 0.05) is 20.0 Å². The smallest absolute Gasteiger partial charge is 0.237 e. The zero-order valence-electron chi connectivity index (χ0n) is 12.7. The molecule has 0 spiro atoms. The first-order valence-corrected chi connectivity index (χ1v) is 7.78. The van der Waals surface area contributed by atoms with Gasteiger partial charge in [-0.3, -0.25) is 4.79 Å². The van der Waals surface area contributed by atoms with Gasteiger partial charge in [-0.15, -0.1) is 0 Å². The van der Waals surface area contributed by atoms with Crippen LogP contribution in [0.1, 0.15) is 25.1 Å². The molecular formula is C16H21FN4O. The van der Waals surface area contributed by atoms with Gasteiger partial charge in [-0.25, -0.2) is 9.37 Å². The normalized spacial score (nSPS) is 18.5. The molecule has 1 amide bonds. The van der Waals surface area contributed by atoms with E-state index in [-0.39, 0.29) is 17.8 Å². The monoisotopic (exact) mass is 304 g/mol. The largest absolute Gasteiger partial charge is 0.354 e. The molecule has 0 radical (unpaired) electrons. The minimum atomic E-state index is -0.310. The molecule has 1 aliphatic heterocycles. The van der Waals surface area contributed by atoms with Gasteiger partial charge in [0.2, 0.25) is 5.91 Å². The summed E-state index contributed by atoms with van der Waals surface area (Å²) in [6.07, 6.45) is 3.71. The number of hydrogen-bond donors (Lipinski definition) is 2. The maximum Gasteiger partial charge on any atom is 0.237 e. The lowest BCUT2D eigenvalue weighted by Crippen LogP contribution is -2.47. The first-order chi connectivity index (χ1) is 10.7. The lowest BCUT2D eigenvalue weighted by Gasteiger charge is -2.22. The third-order valence-electron chi connectivity index (χ3n) is 4.23. The molecule has 2 N–H and O–H groups in total. The Morgan fingerprint density at radius 3 is 3.09 bits per heavy atom. The summed E-state index contributed by atoms with van der Waals surface area (Å²) >= 11 is 0. The Bertz CT molecular complexity index is 676. The van der Waals surface area contributed by atoms with Crippen molar-refractivity contribution in [2.75, 3.05) is 13.1 Å². The van der Waals surface area contributed by atoms with E-state index < -0.39 is 0 Å². The molecule has 118 valence electrons. The van der Waals surface area contributed by atoms with E-state index in [4.69, 9.17) is 0 Å². The Labute approximate surface area is 128 Å². The third-order valence-corrected chi connectivity index (χ3v) is 4.23. The van der Waals surface area contributed by atoms with Crippen LogP contribution in [0.4, 0.5) is 4.39 Å². The first-order valence-electron chi connectivity index (χ1n) is 7.78. The molecule has 1 atom stereocenters. The van der Waals surface area contributed by atoms with Crippen molar-refractivity contribution < 1.29 is 9.18 Å². The average molecular weight is 304 g/mol. The fourth-order valence-corrected chi connectivity index (χ4v) is 2.95. The van der Waals surface area contributed by atoms with E-state index in [2.05, 4.69) is 15.6 Å². The number of nitrogens with one attached hydrogen (secondary N) is 2. The van der Waals surface area contributed by atoms with E-state index in [1.807, 2.05) is 17.7 Å². The van der Waals surface area contributed by atoms with Crippen LogP contribution in [0, 0.1) is 5.82 Å². The zero-order valence-corrected chi connectivity index (χ0v) is 12.7. The second-order valence-electron chi connectivity index (χ2n) is 5.74. The number of imidazole rings is 1. The summed E-state index contributed by atoms with van der Waals surface area (Å²) in [5.41, 5.74) is 1.16. The zero-order chi connectivity index (χ0) is 15.5. The number of rotatable bonds is 4. The Kier molecular flexibility index (Phi) is 4.38. The minimum Gasteiger partial charge on any atom is -0.354 e. The van der Waals surface area contributed by atoms with Crippen molar-refractivity contribution in [2.24, 2.45) is 7.05 Å². The molecule has 3 rings (SSSR count). The fourth-order valence-electron chi connectivity index (χ4n) is 2.95. The Morgan fingerprint density at radius 1 is 1.50 bits per heavy atom. The van der Waals surface area contributed by atoms with Gasteiger partial charge in [0.25, 0.3) is 0 Å². The molecule has 0 bridgehead atoms. The highest BCUT2D eigenvalue weighted by molar-refractivity contribution is 5.81. The number of fused-ring (bicyclic) bond motifs is 1. The molecule has 1 aliphatic rings. The van der Waals surface area contributed by atoms with Gasteiger partial charge in [-0.05, 0) is 31.5 Å². The van der Waals surface area contributed by atoms with Gasteiger partial charge in [-0.2, -0.15) is 0 Å². The van der Waals surface area contributed by atoms with Gasteiger partial charge in [-0.1, -0.05) is 12.5 Å². The minimum absolute atomic E-state index is 0.0460. The van der Waals surface area contributed by atoms with Crippen LogP contribution in [0.15, 0.2) is 18.2 Å². The standard InChI is InChI=1S/C16H21FN4O/c1-21-13-7-4-5-11(17)15(13)20-14(21)8-10-19-16(22)12-6-2-3-9-18-12/h4-5,7,12,18H,2-3,6,8-10H2,1H3,(H,19,22)/t12-/m1/s1. The van der Waals surface area contributed by atoms with Crippen LogP contribution >= 0.6 is 0 Å². The van der Waals surface area contributed by atoms with E-state index in [0.29, 0.717) is 18.5 Å². The van der Waals surface area contributed by atoms with Crippen LogP contribution in [-0.2, 0) is 18.3 Å². The number of amides is 1. The predicted molar refractivity (Wildman–Crippen MR) is 83.0 cm³/mol. The molecule has 0 aliphatic carbocycles. The van der Waals surface area contributed by atoms with Crippen LogP contribution in [0.2, 0.25) is 0 Å². The van der Waals surface area contributed by atoms with Crippen molar-refractivity contribution in [1.82, 2.24) is 20.2 Å². The Hall–Kier alpha value is -1.95. The number of halogens is 1. The highest BCUT2D eigenvalue weighted by Crippen LogP contribution is 2.18. The van der Waals surface area contributed by atoms with Crippen molar-refractivity contribution in [3.05, 3.63) is 29.8 Å². The molecule has 1 saturated heterocycles. The lowest BCUT2D eigenvalue weighted by atomic mass is 10.0. The third kappa shape index (κ3) is 2.97. The highest BCUT2D eigenvalue weighted by atomic mass is 19.1. The van der Waals surface area contributed by atoms with Crippen molar-refractivity contribution in [1.29, 1.82) is 0 Å². The summed E-state index contributed by atoms with van der Waals surface area (Å²) in [6, 6.07) is 4.86. The fraction of sp³-hybridized carbons (Fsp3) is 0.500. The number of piperidine rings is 1. The molecule has 0 saturated carbocycles. The molecule has 2 heterocycles. The summed E-state index contributed by atoms with van der Waals surface area (Å²) in [7, 11) is 1.87. The van der Waals surface area contributed by atoms with Crippen LogP contribution in [0.3, 0.4) is 0 Å². The van der Waals surface area contributed by atoms with Crippen LogP contribution in [-0.4, -0.2) is 34.6 Å². The number of hydrogen-bond acceptors (Lipinski definition) is 3. The summed E-state index contributed by atoms with van der Waals surface area (Å²) in [6.45, 7) is 1.41. The van der Waals surface area contributed by atoms with E-state index in [1.54, 1.807) is 6.07 Å². The van der Waals surface area contributed by atoms with Gasteiger partial charge < -0.3 is 15.2 Å². The van der Waals surface area contributed by atoms with Gasteiger partial charge in [0.1, 0.15) is 11.3 Å². The van der Waals surface area contributed by atoms with Crippen LogP contribution in [0.25, 0.3) is 11.0 Å². The second kappa shape index (κ2) is 6.44. The molecule has 5 nitrogen and oxygen atoms in total. The van der Waals surface area contributed by atoms with E-state index in [1.165, 1.54) is 6.07 Å². The number of carbonyl (C=O) groups excluding carboxylic acids is 1. The van der Waals surface area contributed by atoms with Crippen molar-refractivity contribution >= 4 is 16.9 Å². The Morgan fingerprint density at radius 2 is 2.36 bits per heavy atom. The molecule has 22 heavy (non-hydrogen) atoms. The Balaban J connectivity index is 1.61. The highest BCUT2D eigenvalue weighted by Gasteiger charge is 2.20. The van der Waals surface area contributed by atoms with E-state index in [9.17, 15) is 9.18 Å². The predicted octanol–water partition coefficient (Wildman–Crippen LogP) is 1.51. The van der Waals surface area contributed by atoms with Crippen molar-refractivity contribution in [3.63, 3.8) is 0 Å². The van der Waals surface area contributed by atoms with E-state index >= 15 is 0 Å². The van der Waals surface area contributed by atoms with Crippen molar-refractivity contribution in [2.45, 2.75) is 31.7 Å². The lowest BCUT2D eigenvalue weighted by molar-refractivity contribution is -0.123. The molecule has 0 unspecified atom stereocenters. The molecule has 6 heteroatoms. The van der Waals surface area contributed by atoms with Crippen molar-refractivity contribution in [3.8, 4) is 0 Å². The summed E-state index contributed by atoms with van der Waals surface area (Å²) in [4.78, 5) is 16.4. The van der Waals surface area contributed by atoms with Gasteiger partial charge in [0.15, 0.2) is 5.82 Å². The SMILES string of the molecule is Cn1c(CCNC(=O)[C@H]2CCCCN2)nc2c(F)cccc21. The topological polar surface area (TPSA) is 59.0 Å². The average Bonchev–Trinajstić information content (AvgIpc) is 2.86. The summed E-state index contributed by atoms with van der Waals surface area (Å²) in [5, 5.41) is 6.16. The van der Waals surface area contributed by atoms with Gasteiger partial charge >= 0.3 is 0 Å².